The molecule has 24 heavy (non-hydrogen) atoms. The van der Waals surface area contributed by atoms with Crippen molar-refractivity contribution < 1.29 is 4.74 Å². The number of imidazole rings is 1. The summed E-state index contributed by atoms with van der Waals surface area (Å²) in [6.45, 7) is 5.41. The summed E-state index contributed by atoms with van der Waals surface area (Å²) in [6, 6.07) is 18.9. The third-order valence-corrected chi connectivity index (χ3v) is 4.37. The fraction of sp³-hybridized carbons (Fsp3) is 0.250. The number of hydrogen-bond acceptors (Lipinski definition) is 3. The summed E-state index contributed by atoms with van der Waals surface area (Å²) in [5, 5.41) is 0. The Morgan fingerprint density at radius 2 is 1.62 bits per heavy atom. The van der Waals surface area contributed by atoms with E-state index in [-0.39, 0.29) is 0 Å². The third-order valence-electron chi connectivity index (χ3n) is 4.37. The number of anilines is 1. The molecule has 4 nitrogen and oxygen atoms in total. The highest BCUT2D eigenvalue weighted by Crippen LogP contribution is 2.27. The van der Waals surface area contributed by atoms with Crippen molar-refractivity contribution in [2.75, 3.05) is 31.2 Å². The van der Waals surface area contributed by atoms with E-state index < -0.39 is 0 Å². The molecule has 0 N–H and O–H groups in total. The second-order valence-corrected chi connectivity index (χ2v) is 6.09. The highest BCUT2D eigenvalue weighted by Gasteiger charge is 2.18. The molecule has 0 saturated carbocycles. The fourth-order valence-electron chi connectivity index (χ4n) is 3.01. The maximum atomic E-state index is 5.46. The molecule has 1 fully saturated rings. The Morgan fingerprint density at radius 3 is 2.33 bits per heavy atom. The van der Waals surface area contributed by atoms with Crippen LogP contribution in [0.5, 0.6) is 0 Å². The molecule has 4 heteroatoms. The molecule has 0 radical (unpaired) electrons. The number of aromatic nitrogens is 2. The quantitative estimate of drug-likeness (QED) is 0.737. The van der Waals surface area contributed by atoms with Crippen molar-refractivity contribution in [1.29, 1.82) is 0 Å². The summed E-state index contributed by atoms with van der Waals surface area (Å²) < 4.78 is 7.64. The molecule has 2 heterocycles. The molecule has 1 aliphatic rings. The summed E-state index contributed by atoms with van der Waals surface area (Å²) >= 11 is 0. The number of nitrogens with zero attached hydrogens (tertiary/aromatic N) is 3. The second kappa shape index (κ2) is 6.49. The van der Waals surface area contributed by atoms with Gasteiger partial charge in [-0.05, 0) is 19.1 Å². The topological polar surface area (TPSA) is 30.3 Å². The average molecular weight is 319 g/mol. The van der Waals surface area contributed by atoms with Gasteiger partial charge in [0.05, 0.1) is 19.4 Å². The van der Waals surface area contributed by atoms with E-state index in [1.807, 2.05) is 6.07 Å². The van der Waals surface area contributed by atoms with Crippen LogP contribution in [0.3, 0.4) is 0 Å². The van der Waals surface area contributed by atoms with Gasteiger partial charge in [0.2, 0.25) is 0 Å². The molecule has 122 valence electrons. The number of rotatable bonds is 3. The van der Waals surface area contributed by atoms with E-state index in [4.69, 9.17) is 9.72 Å². The molecular weight excluding hydrogens is 298 g/mol. The Morgan fingerprint density at radius 1 is 0.917 bits per heavy atom. The summed E-state index contributed by atoms with van der Waals surface area (Å²) in [5.74, 6) is 1.98. The van der Waals surface area contributed by atoms with Crippen LogP contribution >= 0.6 is 0 Å². The van der Waals surface area contributed by atoms with Crippen LogP contribution in [0, 0.1) is 6.92 Å². The van der Waals surface area contributed by atoms with Crippen molar-refractivity contribution in [2.45, 2.75) is 6.92 Å². The zero-order valence-corrected chi connectivity index (χ0v) is 13.9. The molecule has 0 atom stereocenters. The minimum absolute atomic E-state index is 0.762. The van der Waals surface area contributed by atoms with Crippen LogP contribution in [0.4, 0.5) is 5.82 Å². The van der Waals surface area contributed by atoms with Crippen LogP contribution in [0.15, 0.2) is 60.8 Å². The first kappa shape index (κ1) is 15.0. The Kier molecular flexibility index (Phi) is 4.05. The van der Waals surface area contributed by atoms with E-state index >= 15 is 0 Å². The molecule has 3 aromatic rings. The second-order valence-electron chi connectivity index (χ2n) is 6.09. The van der Waals surface area contributed by atoms with Gasteiger partial charge in [0.15, 0.2) is 0 Å². The zero-order valence-electron chi connectivity index (χ0n) is 13.9. The molecule has 0 spiro atoms. The molecule has 2 aromatic carbocycles. The van der Waals surface area contributed by atoms with Crippen LogP contribution < -0.4 is 4.90 Å². The van der Waals surface area contributed by atoms with Gasteiger partial charge in [-0.25, -0.2) is 4.98 Å². The highest BCUT2D eigenvalue weighted by molar-refractivity contribution is 5.62. The lowest BCUT2D eigenvalue weighted by molar-refractivity contribution is 0.122. The average Bonchev–Trinajstić information content (AvgIpc) is 3.09. The normalized spacial score (nSPS) is 14.8. The monoisotopic (exact) mass is 319 g/mol. The van der Waals surface area contributed by atoms with Crippen molar-refractivity contribution >= 4 is 5.82 Å². The van der Waals surface area contributed by atoms with Crippen LogP contribution in [0.1, 0.15) is 5.56 Å². The largest absolute Gasteiger partial charge is 0.378 e. The maximum Gasteiger partial charge on any atom is 0.148 e. The Labute approximate surface area is 142 Å². The molecule has 1 saturated heterocycles. The first-order valence-electron chi connectivity index (χ1n) is 8.36. The lowest BCUT2D eigenvalue weighted by Crippen LogP contribution is -2.36. The van der Waals surface area contributed by atoms with E-state index in [1.165, 1.54) is 5.56 Å². The first-order valence-corrected chi connectivity index (χ1v) is 8.36. The lowest BCUT2D eigenvalue weighted by atomic mass is 10.2. The van der Waals surface area contributed by atoms with E-state index in [1.54, 1.807) is 0 Å². The number of benzene rings is 2. The zero-order chi connectivity index (χ0) is 16.4. The Balaban J connectivity index is 1.80. The number of hydrogen-bond donors (Lipinski definition) is 0. The van der Waals surface area contributed by atoms with Crippen molar-refractivity contribution in [3.63, 3.8) is 0 Å². The highest BCUT2D eigenvalue weighted by atomic mass is 16.5. The minimum atomic E-state index is 0.762. The van der Waals surface area contributed by atoms with Crippen LogP contribution in [-0.4, -0.2) is 35.9 Å². The van der Waals surface area contributed by atoms with Crippen molar-refractivity contribution in [2.24, 2.45) is 0 Å². The first-order chi connectivity index (χ1) is 11.8. The molecule has 0 aliphatic carbocycles. The van der Waals surface area contributed by atoms with Gasteiger partial charge in [-0.15, -0.1) is 0 Å². The molecular formula is C20H21N3O. The van der Waals surface area contributed by atoms with Gasteiger partial charge in [-0.2, -0.15) is 0 Å². The van der Waals surface area contributed by atoms with E-state index in [9.17, 15) is 0 Å². The van der Waals surface area contributed by atoms with Crippen molar-refractivity contribution in [3.05, 3.63) is 66.4 Å². The Hall–Kier alpha value is -2.59. The molecule has 0 bridgehead atoms. The van der Waals surface area contributed by atoms with Gasteiger partial charge < -0.3 is 9.64 Å². The fourth-order valence-corrected chi connectivity index (χ4v) is 3.01. The summed E-state index contributed by atoms with van der Waals surface area (Å²) in [4.78, 5) is 7.23. The van der Waals surface area contributed by atoms with Gasteiger partial charge >= 0.3 is 0 Å². The molecule has 1 aromatic heterocycles. The predicted octanol–water partition coefficient (Wildman–Crippen LogP) is 3.68. The molecule has 4 rings (SSSR count). The van der Waals surface area contributed by atoms with Gasteiger partial charge in [0.25, 0.3) is 0 Å². The smallest absolute Gasteiger partial charge is 0.148 e. The number of morpholine rings is 1. The van der Waals surface area contributed by atoms with Gasteiger partial charge in [0.1, 0.15) is 11.6 Å². The van der Waals surface area contributed by atoms with Crippen molar-refractivity contribution in [3.8, 4) is 17.1 Å². The van der Waals surface area contributed by atoms with Crippen LogP contribution in [-0.2, 0) is 4.74 Å². The third kappa shape index (κ3) is 2.93. The Bertz CT molecular complexity index is 803. The summed E-state index contributed by atoms with van der Waals surface area (Å²) in [7, 11) is 0. The lowest BCUT2D eigenvalue weighted by Gasteiger charge is -2.26. The standard InChI is InChI=1S/C20H21N3O/c1-16-7-9-18(10-8-16)23-15-19(22-11-13-24-14-12-22)21-20(23)17-5-3-2-4-6-17/h2-10,15H,11-14H2,1H3. The van der Waals surface area contributed by atoms with Gasteiger partial charge in [-0.1, -0.05) is 48.0 Å². The molecule has 0 unspecified atom stereocenters. The summed E-state index contributed by atoms with van der Waals surface area (Å²) in [6.07, 6.45) is 2.14. The number of ether oxygens (including phenoxy) is 1. The predicted molar refractivity (Wildman–Crippen MR) is 96.8 cm³/mol. The maximum absolute atomic E-state index is 5.46. The molecule has 1 aliphatic heterocycles. The summed E-state index contributed by atoms with van der Waals surface area (Å²) in [5.41, 5.74) is 3.51. The van der Waals surface area contributed by atoms with E-state index in [2.05, 4.69) is 71.1 Å². The SMILES string of the molecule is Cc1ccc(-n2cc(N3CCOCC3)nc2-c2ccccc2)cc1. The molecule has 0 amide bonds. The van der Waals surface area contributed by atoms with E-state index in [0.717, 1.165) is 49.2 Å². The van der Waals surface area contributed by atoms with Crippen molar-refractivity contribution in [1.82, 2.24) is 9.55 Å². The van der Waals surface area contributed by atoms with Gasteiger partial charge in [-0.3, -0.25) is 4.57 Å². The van der Waals surface area contributed by atoms with Crippen LogP contribution in [0.2, 0.25) is 0 Å². The minimum Gasteiger partial charge on any atom is -0.378 e. The number of aryl methyl sites for hydroxylation is 1. The van der Waals surface area contributed by atoms with E-state index in [0.29, 0.717) is 0 Å². The van der Waals surface area contributed by atoms with Crippen LogP contribution in [0.25, 0.3) is 17.1 Å². The van der Waals surface area contributed by atoms with Gasteiger partial charge in [0, 0.05) is 24.3 Å².